The lowest BCUT2D eigenvalue weighted by Crippen LogP contribution is -2.11. The molecule has 0 fully saturated rings. The van der Waals surface area contributed by atoms with E-state index in [9.17, 15) is 13.2 Å². The first-order valence-corrected chi connectivity index (χ1v) is 6.08. The van der Waals surface area contributed by atoms with Crippen LogP contribution in [0.3, 0.4) is 0 Å². The van der Waals surface area contributed by atoms with Gasteiger partial charge in [0.15, 0.2) is 5.69 Å². The van der Waals surface area contributed by atoms with Crippen LogP contribution in [-0.4, -0.2) is 15.2 Å². The zero-order valence-corrected chi connectivity index (χ0v) is 10.8. The summed E-state index contributed by atoms with van der Waals surface area (Å²) in [7, 11) is 0. The molecule has 20 heavy (non-hydrogen) atoms. The topological polar surface area (TPSA) is 50.7 Å². The van der Waals surface area contributed by atoms with Crippen molar-refractivity contribution in [3.05, 3.63) is 47.4 Å². The number of alkyl halides is 3. The Morgan fingerprint density at radius 3 is 2.55 bits per heavy atom. The minimum atomic E-state index is -4.47. The molecule has 106 valence electrons. The van der Waals surface area contributed by atoms with Gasteiger partial charge < -0.3 is 5.32 Å². The Hall–Kier alpha value is -2.18. The van der Waals surface area contributed by atoms with E-state index in [0.29, 0.717) is 6.54 Å². The molecule has 0 aliphatic rings. The molecule has 0 aliphatic carbocycles. The first-order chi connectivity index (χ1) is 9.50. The second-order valence-electron chi connectivity index (χ2n) is 4.12. The van der Waals surface area contributed by atoms with Gasteiger partial charge in [0.2, 0.25) is 0 Å². The summed E-state index contributed by atoms with van der Waals surface area (Å²) >= 11 is 0. The smallest absolute Gasteiger partial charge is 0.363 e. The summed E-state index contributed by atoms with van der Waals surface area (Å²) in [5.74, 6) is 0.283. The van der Waals surface area contributed by atoms with Crippen molar-refractivity contribution < 1.29 is 13.2 Å². The van der Waals surface area contributed by atoms with E-state index in [1.54, 1.807) is 6.20 Å². The summed E-state index contributed by atoms with van der Waals surface area (Å²) in [6.07, 6.45) is -1.96. The molecule has 0 spiro atoms. The maximum Gasteiger partial charge on any atom is 0.435 e. The molecule has 0 amide bonds. The lowest BCUT2D eigenvalue weighted by molar-refractivity contribution is -0.141. The molecule has 0 atom stereocenters. The molecule has 0 radical (unpaired) electrons. The number of aryl methyl sites for hydroxylation is 1. The second kappa shape index (κ2) is 5.85. The van der Waals surface area contributed by atoms with Crippen molar-refractivity contribution in [1.82, 2.24) is 15.2 Å². The van der Waals surface area contributed by atoms with Gasteiger partial charge in [-0.2, -0.15) is 13.2 Å². The van der Waals surface area contributed by atoms with Crippen LogP contribution < -0.4 is 5.32 Å². The Bertz CT molecular complexity index is 567. The lowest BCUT2D eigenvalue weighted by Gasteiger charge is -2.09. The average molecular weight is 282 g/mol. The van der Waals surface area contributed by atoms with Gasteiger partial charge in [-0.3, -0.25) is 4.98 Å². The van der Waals surface area contributed by atoms with Gasteiger partial charge in [0.05, 0.1) is 12.2 Å². The maximum atomic E-state index is 12.3. The number of nitrogens with one attached hydrogen (secondary N) is 1. The van der Waals surface area contributed by atoms with Gasteiger partial charge >= 0.3 is 6.18 Å². The lowest BCUT2D eigenvalue weighted by atomic mass is 10.1. The van der Waals surface area contributed by atoms with Gasteiger partial charge in [0.1, 0.15) is 5.82 Å². The molecular weight excluding hydrogens is 269 g/mol. The second-order valence-corrected chi connectivity index (χ2v) is 4.12. The molecule has 0 aromatic carbocycles. The Morgan fingerprint density at radius 1 is 1.15 bits per heavy atom. The normalized spacial score (nSPS) is 11.4. The fraction of sp³-hybridized carbons (Fsp3) is 0.308. The fourth-order valence-electron chi connectivity index (χ4n) is 1.70. The van der Waals surface area contributed by atoms with Crippen molar-refractivity contribution in [3.8, 4) is 0 Å². The van der Waals surface area contributed by atoms with Crippen LogP contribution in [0.2, 0.25) is 0 Å². The van der Waals surface area contributed by atoms with Gasteiger partial charge in [-0.1, -0.05) is 13.0 Å². The minimum absolute atomic E-state index is 0.283. The van der Waals surface area contributed by atoms with Crippen molar-refractivity contribution in [1.29, 1.82) is 0 Å². The third kappa shape index (κ3) is 3.43. The minimum Gasteiger partial charge on any atom is -0.363 e. The van der Waals surface area contributed by atoms with Crippen LogP contribution in [0.5, 0.6) is 0 Å². The maximum absolute atomic E-state index is 12.3. The summed E-state index contributed by atoms with van der Waals surface area (Å²) in [5.41, 5.74) is 0.923. The highest BCUT2D eigenvalue weighted by atomic mass is 19.4. The number of halogens is 3. The number of pyridine rings is 1. The van der Waals surface area contributed by atoms with E-state index in [1.165, 1.54) is 6.07 Å². The van der Waals surface area contributed by atoms with Crippen molar-refractivity contribution in [2.45, 2.75) is 26.1 Å². The molecule has 2 aromatic heterocycles. The molecule has 1 N–H and O–H groups in total. The molecule has 2 aromatic rings. The molecule has 0 bridgehead atoms. The molecule has 4 nitrogen and oxygen atoms in total. The van der Waals surface area contributed by atoms with Crippen LogP contribution in [0, 0.1) is 0 Å². The molecular formula is C13H13F3N4. The van der Waals surface area contributed by atoms with Gasteiger partial charge in [-0.05, 0) is 30.2 Å². The van der Waals surface area contributed by atoms with Crippen molar-refractivity contribution >= 4 is 5.82 Å². The number of rotatable bonds is 4. The average Bonchev–Trinajstić information content (AvgIpc) is 2.45. The predicted octanol–water partition coefficient (Wildman–Crippen LogP) is 3.06. The summed E-state index contributed by atoms with van der Waals surface area (Å²) in [4.78, 5) is 4.23. The summed E-state index contributed by atoms with van der Waals surface area (Å²) in [5, 5.41) is 9.56. The van der Waals surface area contributed by atoms with Gasteiger partial charge in [-0.25, -0.2) is 0 Å². The monoisotopic (exact) mass is 282 g/mol. The highest BCUT2D eigenvalue weighted by molar-refractivity contribution is 5.35. The number of aromatic nitrogens is 3. The SMILES string of the molecule is CCc1cccnc1CNc1ccc(C(F)(F)F)nn1. The third-order valence-corrected chi connectivity index (χ3v) is 2.76. The van der Waals surface area contributed by atoms with Crippen LogP contribution in [0.25, 0.3) is 0 Å². The standard InChI is InChI=1S/C13H13F3N4/c1-2-9-4-3-7-17-10(9)8-18-12-6-5-11(19-20-12)13(14,15)16/h3-7H,2,8H2,1H3,(H,18,20). The molecule has 0 unspecified atom stereocenters. The van der Waals surface area contributed by atoms with Gasteiger partial charge in [0.25, 0.3) is 0 Å². The Balaban J connectivity index is 2.04. The number of hydrogen-bond donors (Lipinski definition) is 1. The van der Waals surface area contributed by atoms with Crippen LogP contribution in [0.15, 0.2) is 30.5 Å². The quantitative estimate of drug-likeness (QED) is 0.936. The van der Waals surface area contributed by atoms with E-state index >= 15 is 0 Å². The third-order valence-electron chi connectivity index (χ3n) is 2.76. The fourth-order valence-corrected chi connectivity index (χ4v) is 1.70. The van der Waals surface area contributed by atoms with Crippen molar-refractivity contribution in [3.63, 3.8) is 0 Å². The summed E-state index contributed by atoms with van der Waals surface area (Å²) in [6, 6.07) is 5.96. The number of anilines is 1. The first kappa shape index (κ1) is 14.2. The van der Waals surface area contributed by atoms with Crippen LogP contribution in [-0.2, 0) is 19.1 Å². The molecule has 0 saturated carbocycles. The van der Waals surface area contributed by atoms with E-state index < -0.39 is 11.9 Å². The predicted molar refractivity (Wildman–Crippen MR) is 68.0 cm³/mol. The van der Waals surface area contributed by atoms with E-state index in [4.69, 9.17) is 0 Å². The zero-order chi connectivity index (χ0) is 14.6. The van der Waals surface area contributed by atoms with Crippen LogP contribution >= 0.6 is 0 Å². The molecule has 7 heteroatoms. The number of hydrogen-bond acceptors (Lipinski definition) is 4. The zero-order valence-electron chi connectivity index (χ0n) is 10.8. The highest BCUT2D eigenvalue weighted by Crippen LogP contribution is 2.27. The summed E-state index contributed by atoms with van der Waals surface area (Å²) < 4.78 is 37.0. The van der Waals surface area contributed by atoms with E-state index in [1.807, 2.05) is 19.1 Å². The van der Waals surface area contributed by atoms with E-state index in [0.717, 1.165) is 23.7 Å². The highest BCUT2D eigenvalue weighted by Gasteiger charge is 2.32. The number of nitrogens with zero attached hydrogens (tertiary/aromatic N) is 3. The van der Waals surface area contributed by atoms with Crippen LogP contribution in [0.4, 0.5) is 19.0 Å². The molecule has 2 heterocycles. The van der Waals surface area contributed by atoms with Crippen molar-refractivity contribution in [2.24, 2.45) is 0 Å². The largest absolute Gasteiger partial charge is 0.435 e. The Kier molecular flexibility index (Phi) is 4.16. The Morgan fingerprint density at radius 2 is 1.95 bits per heavy atom. The van der Waals surface area contributed by atoms with E-state index in [2.05, 4.69) is 20.5 Å². The first-order valence-electron chi connectivity index (χ1n) is 6.08. The molecule has 0 saturated heterocycles. The molecule has 0 aliphatic heterocycles. The van der Waals surface area contributed by atoms with Gasteiger partial charge in [0, 0.05) is 6.20 Å². The van der Waals surface area contributed by atoms with Crippen LogP contribution in [0.1, 0.15) is 23.9 Å². The van der Waals surface area contributed by atoms with Gasteiger partial charge in [-0.15, -0.1) is 10.2 Å². The van der Waals surface area contributed by atoms with Crippen molar-refractivity contribution in [2.75, 3.05) is 5.32 Å². The molecule has 2 rings (SSSR count). The van der Waals surface area contributed by atoms with E-state index in [-0.39, 0.29) is 5.82 Å². The summed E-state index contributed by atoms with van der Waals surface area (Å²) in [6.45, 7) is 2.41. The Labute approximate surface area is 114 Å².